The largest absolute Gasteiger partial charge is 0.479 e. The summed E-state index contributed by atoms with van der Waals surface area (Å²) in [5.74, 6) is -1.52. The van der Waals surface area contributed by atoms with Crippen molar-refractivity contribution in [1.82, 2.24) is 10.2 Å². The van der Waals surface area contributed by atoms with E-state index >= 15 is 0 Å². The van der Waals surface area contributed by atoms with Crippen molar-refractivity contribution < 1.29 is 37.4 Å². The van der Waals surface area contributed by atoms with Crippen LogP contribution in [-0.2, 0) is 44.5 Å². The van der Waals surface area contributed by atoms with Gasteiger partial charge in [-0.3, -0.25) is 9.59 Å². The van der Waals surface area contributed by atoms with Crippen LogP contribution in [0.1, 0.15) is 72.3 Å². The second-order valence-electron chi connectivity index (χ2n) is 12.1. The Kier molecular flexibility index (Phi) is 10.7. The lowest BCUT2D eigenvalue weighted by Crippen LogP contribution is -2.34. The molecule has 4 N–H and O–H groups in total. The van der Waals surface area contributed by atoms with Crippen molar-refractivity contribution in [3.63, 3.8) is 0 Å². The Morgan fingerprint density at radius 1 is 1.02 bits per heavy atom. The van der Waals surface area contributed by atoms with Crippen molar-refractivity contribution in [2.45, 2.75) is 69.7 Å². The van der Waals surface area contributed by atoms with E-state index in [9.17, 15) is 32.7 Å². The van der Waals surface area contributed by atoms with Crippen molar-refractivity contribution in [2.24, 2.45) is 0 Å². The van der Waals surface area contributed by atoms with Gasteiger partial charge < -0.3 is 30.7 Å². The van der Waals surface area contributed by atoms with Gasteiger partial charge in [0.25, 0.3) is 5.91 Å². The second-order valence-corrected chi connectivity index (χ2v) is 13.0. The lowest BCUT2D eigenvalue weighted by molar-refractivity contribution is -0.138. The van der Waals surface area contributed by atoms with Crippen molar-refractivity contribution in [3.8, 4) is 0 Å². The summed E-state index contributed by atoms with van der Waals surface area (Å²) < 4.78 is 28.9. The predicted molar refractivity (Wildman–Crippen MR) is 172 cm³/mol. The molecule has 0 saturated carbocycles. The summed E-state index contributed by atoms with van der Waals surface area (Å²) in [4.78, 5) is 50.4. The summed E-state index contributed by atoms with van der Waals surface area (Å²) in [6, 6.07) is 15.7. The molecule has 0 saturated heterocycles. The third-order valence-electron chi connectivity index (χ3n) is 7.21. The molecule has 3 aromatic rings. The molecule has 46 heavy (non-hydrogen) atoms. The number of anilines is 2. The topological polar surface area (TPSA) is 171 Å². The van der Waals surface area contributed by atoms with Gasteiger partial charge in [0.1, 0.15) is 5.60 Å². The van der Waals surface area contributed by atoms with E-state index in [1.165, 1.54) is 30.1 Å². The first kappa shape index (κ1) is 34.0. The molecule has 1 unspecified atom stereocenters. The number of fused-ring (bicyclic) bond motifs is 1. The standard InChI is InChI=1S/C33H38N4O8S/c1-33(2,3)45-32(42)37(4)19-23-16-24(14-15-27(23)46(43)44)35-28(38)7-5-6-20-8-10-21(11-9-20)29(31(40)41)36-25-13-12-22-18-34-30(39)26(22)17-25/h8-17,29,36,46H,5-7,18-19H2,1-4H3,(H,34,39)(H,35,38)(H,40,41). The number of nitrogens with one attached hydrogen (secondary N) is 3. The lowest BCUT2D eigenvalue weighted by atomic mass is 10.0. The number of carbonyl (C=O) groups excluding carboxylic acids is 3. The maximum absolute atomic E-state index is 12.7. The number of carboxylic acid groups (broad SMARTS) is 1. The van der Waals surface area contributed by atoms with Crippen LogP contribution in [0.25, 0.3) is 0 Å². The third kappa shape index (κ3) is 9.07. The molecule has 0 aromatic heterocycles. The minimum Gasteiger partial charge on any atom is -0.479 e. The van der Waals surface area contributed by atoms with E-state index in [1.807, 2.05) is 12.1 Å². The molecular formula is C33H38N4O8S. The molecule has 244 valence electrons. The molecule has 3 aromatic carbocycles. The van der Waals surface area contributed by atoms with Crippen molar-refractivity contribution in [3.05, 3.63) is 88.5 Å². The number of nitrogens with zero attached hydrogens (tertiary/aromatic N) is 1. The van der Waals surface area contributed by atoms with Crippen LogP contribution in [0.2, 0.25) is 0 Å². The van der Waals surface area contributed by atoms with Crippen LogP contribution in [0.3, 0.4) is 0 Å². The van der Waals surface area contributed by atoms with Crippen LogP contribution in [0.4, 0.5) is 16.2 Å². The Bertz CT molecular complexity index is 1710. The number of amides is 3. The smallest absolute Gasteiger partial charge is 0.410 e. The summed E-state index contributed by atoms with van der Waals surface area (Å²) in [6.07, 6.45) is 0.672. The Hall–Kier alpha value is -4.91. The lowest BCUT2D eigenvalue weighted by Gasteiger charge is -2.25. The predicted octanol–water partition coefficient (Wildman–Crippen LogP) is 4.47. The van der Waals surface area contributed by atoms with Gasteiger partial charge >= 0.3 is 12.1 Å². The first-order valence-corrected chi connectivity index (χ1v) is 15.9. The van der Waals surface area contributed by atoms with Crippen molar-refractivity contribution in [2.75, 3.05) is 17.7 Å². The van der Waals surface area contributed by atoms with Gasteiger partial charge in [-0.15, -0.1) is 0 Å². The molecular weight excluding hydrogens is 612 g/mol. The first-order chi connectivity index (χ1) is 21.7. The fourth-order valence-electron chi connectivity index (χ4n) is 4.94. The van der Waals surface area contributed by atoms with Gasteiger partial charge in [-0.05, 0) is 86.2 Å². The molecule has 0 spiro atoms. The van der Waals surface area contributed by atoms with E-state index < -0.39 is 34.4 Å². The molecule has 1 heterocycles. The highest BCUT2D eigenvalue weighted by molar-refractivity contribution is 7.72. The number of hydrogen-bond acceptors (Lipinski definition) is 8. The van der Waals surface area contributed by atoms with Crippen LogP contribution in [0.15, 0.2) is 65.6 Å². The van der Waals surface area contributed by atoms with Gasteiger partial charge in [0.2, 0.25) is 5.91 Å². The fourth-order valence-corrected chi connectivity index (χ4v) is 5.50. The van der Waals surface area contributed by atoms with Gasteiger partial charge in [0, 0.05) is 37.0 Å². The summed E-state index contributed by atoms with van der Waals surface area (Å²) in [5, 5.41) is 18.4. The monoisotopic (exact) mass is 650 g/mol. The second kappa shape index (κ2) is 14.5. The van der Waals surface area contributed by atoms with Gasteiger partial charge in [-0.2, -0.15) is 0 Å². The van der Waals surface area contributed by atoms with E-state index in [0.29, 0.717) is 47.5 Å². The fraction of sp³-hybridized carbons (Fsp3) is 0.333. The summed E-state index contributed by atoms with van der Waals surface area (Å²) in [6.45, 7) is 5.62. The van der Waals surface area contributed by atoms with Gasteiger partial charge in [-0.1, -0.05) is 30.3 Å². The van der Waals surface area contributed by atoms with Crippen LogP contribution >= 0.6 is 0 Å². The number of benzene rings is 3. The Morgan fingerprint density at radius 2 is 1.72 bits per heavy atom. The van der Waals surface area contributed by atoms with E-state index in [2.05, 4.69) is 16.0 Å². The summed E-state index contributed by atoms with van der Waals surface area (Å²) in [5.41, 5.74) is 3.41. The first-order valence-electron chi connectivity index (χ1n) is 14.7. The molecule has 4 rings (SSSR count). The zero-order valence-electron chi connectivity index (χ0n) is 26.1. The van der Waals surface area contributed by atoms with Gasteiger partial charge in [0.15, 0.2) is 16.7 Å². The van der Waals surface area contributed by atoms with Gasteiger partial charge in [0.05, 0.1) is 11.4 Å². The number of aliphatic carboxylic acids is 1. The number of ether oxygens (including phenoxy) is 1. The van der Waals surface area contributed by atoms with Crippen LogP contribution in [0, 0.1) is 0 Å². The van der Waals surface area contributed by atoms with Crippen molar-refractivity contribution in [1.29, 1.82) is 0 Å². The Balaban J connectivity index is 1.32. The zero-order chi connectivity index (χ0) is 33.6. The molecule has 13 heteroatoms. The third-order valence-corrected chi connectivity index (χ3v) is 8.04. The summed E-state index contributed by atoms with van der Waals surface area (Å²) >= 11 is 0. The number of aryl methyl sites for hydroxylation is 1. The van der Waals surface area contributed by atoms with Gasteiger partial charge in [-0.25, -0.2) is 18.0 Å². The molecule has 0 radical (unpaired) electrons. The molecule has 3 amide bonds. The average molecular weight is 651 g/mol. The number of thiol groups is 1. The van der Waals surface area contributed by atoms with E-state index in [-0.39, 0.29) is 29.7 Å². The molecule has 1 atom stereocenters. The highest BCUT2D eigenvalue weighted by atomic mass is 32.2. The maximum atomic E-state index is 12.7. The van der Waals surface area contributed by atoms with Crippen molar-refractivity contribution >= 4 is 46.0 Å². The Labute approximate surface area is 269 Å². The molecule has 0 fully saturated rings. The normalized spacial score (nSPS) is 13.0. The molecule has 0 bridgehead atoms. The Morgan fingerprint density at radius 3 is 2.37 bits per heavy atom. The number of carboxylic acids is 1. The highest BCUT2D eigenvalue weighted by Crippen LogP contribution is 2.26. The SMILES string of the molecule is CN(Cc1cc(NC(=O)CCCc2ccc(C(Nc3ccc4c(c3)C(=O)NC4)C(=O)O)cc2)ccc1[SH](=O)=O)C(=O)OC(C)(C)C. The highest BCUT2D eigenvalue weighted by Gasteiger charge is 2.24. The van der Waals surface area contributed by atoms with Crippen LogP contribution in [0.5, 0.6) is 0 Å². The molecule has 1 aliphatic rings. The van der Waals surface area contributed by atoms with E-state index in [1.54, 1.807) is 51.1 Å². The molecule has 0 aliphatic carbocycles. The minimum absolute atomic E-state index is 0.0318. The van der Waals surface area contributed by atoms with Crippen LogP contribution < -0.4 is 16.0 Å². The quantitative estimate of drug-likeness (QED) is 0.178. The van der Waals surface area contributed by atoms with Crippen LogP contribution in [-0.4, -0.2) is 54.9 Å². The minimum atomic E-state index is -2.93. The maximum Gasteiger partial charge on any atom is 0.410 e. The van der Waals surface area contributed by atoms with E-state index in [4.69, 9.17) is 4.74 Å². The average Bonchev–Trinajstić information content (AvgIpc) is 3.35. The number of hydrogen-bond donors (Lipinski definition) is 5. The number of carbonyl (C=O) groups is 4. The summed E-state index contributed by atoms with van der Waals surface area (Å²) in [7, 11) is -1.43. The zero-order valence-corrected chi connectivity index (χ0v) is 27.0. The number of rotatable bonds is 12. The molecule has 1 aliphatic heterocycles. The van der Waals surface area contributed by atoms with E-state index in [0.717, 1.165) is 11.1 Å². The molecule has 12 nitrogen and oxygen atoms in total.